The summed E-state index contributed by atoms with van der Waals surface area (Å²) < 4.78 is 5.76. The van der Waals surface area contributed by atoms with Gasteiger partial charge in [-0.3, -0.25) is 4.79 Å². The molecule has 0 saturated carbocycles. The summed E-state index contributed by atoms with van der Waals surface area (Å²) in [5, 5.41) is 3.43. The van der Waals surface area contributed by atoms with Gasteiger partial charge >= 0.3 is 0 Å². The highest BCUT2D eigenvalue weighted by molar-refractivity contribution is 7.14. The second-order valence-corrected chi connectivity index (χ2v) is 8.43. The van der Waals surface area contributed by atoms with Gasteiger partial charge in [-0.25, -0.2) is 4.98 Å². The molecule has 2 fully saturated rings. The van der Waals surface area contributed by atoms with Crippen molar-refractivity contribution >= 4 is 23.1 Å². The van der Waals surface area contributed by atoms with E-state index in [0.717, 1.165) is 36.9 Å². The van der Waals surface area contributed by atoms with Crippen LogP contribution in [0.5, 0.6) is 0 Å². The monoisotopic (exact) mass is 357 g/mol. The minimum Gasteiger partial charge on any atom is -0.380 e. The maximum atomic E-state index is 12.9. The first-order valence-electron chi connectivity index (χ1n) is 8.66. The number of likely N-dealkylation sites (tertiary alicyclic amines) is 1. The predicted octanol–water partition coefficient (Wildman–Crippen LogP) is 2.96. The summed E-state index contributed by atoms with van der Waals surface area (Å²) in [5.41, 5.74) is 1.18. The molecule has 2 aliphatic heterocycles. The minimum absolute atomic E-state index is 0.0193. The zero-order valence-electron chi connectivity index (χ0n) is 14.6. The molecule has 1 N–H and O–H groups in total. The largest absolute Gasteiger partial charge is 0.380 e. The van der Waals surface area contributed by atoms with Crippen molar-refractivity contribution in [2.24, 2.45) is 11.3 Å². The van der Waals surface area contributed by atoms with Crippen molar-refractivity contribution in [3.05, 3.63) is 45.8 Å². The zero-order chi connectivity index (χ0) is 17.4. The van der Waals surface area contributed by atoms with Gasteiger partial charge in [-0.05, 0) is 37.6 Å². The van der Waals surface area contributed by atoms with Crippen LogP contribution in [0.2, 0.25) is 0 Å². The molecule has 0 aliphatic carbocycles. The molecule has 132 valence electrons. The van der Waals surface area contributed by atoms with Gasteiger partial charge in [-0.2, -0.15) is 0 Å². The number of aryl methyl sites for hydroxylation is 2. The van der Waals surface area contributed by atoms with Crippen molar-refractivity contribution in [1.82, 2.24) is 9.88 Å². The van der Waals surface area contributed by atoms with Gasteiger partial charge in [0.05, 0.1) is 18.1 Å². The molecule has 1 amide bonds. The Morgan fingerprint density at radius 1 is 1.48 bits per heavy atom. The minimum atomic E-state index is -0.0193. The van der Waals surface area contributed by atoms with E-state index < -0.39 is 0 Å². The lowest BCUT2D eigenvalue weighted by molar-refractivity contribution is 0.0729. The van der Waals surface area contributed by atoms with E-state index in [1.54, 1.807) is 17.5 Å². The Bertz CT molecular complexity index is 757. The maximum absolute atomic E-state index is 12.9. The van der Waals surface area contributed by atoms with Gasteiger partial charge in [0.1, 0.15) is 5.82 Å². The van der Waals surface area contributed by atoms with Crippen LogP contribution < -0.4 is 5.32 Å². The highest BCUT2D eigenvalue weighted by Gasteiger charge is 2.51. The maximum Gasteiger partial charge on any atom is 0.263 e. The van der Waals surface area contributed by atoms with Crippen molar-refractivity contribution in [3.63, 3.8) is 0 Å². The van der Waals surface area contributed by atoms with Crippen molar-refractivity contribution in [2.45, 2.75) is 13.8 Å². The molecule has 6 heteroatoms. The van der Waals surface area contributed by atoms with Crippen LogP contribution in [0, 0.1) is 25.2 Å². The molecule has 2 atom stereocenters. The molecule has 25 heavy (non-hydrogen) atoms. The molecule has 0 bridgehead atoms. The smallest absolute Gasteiger partial charge is 0.263 e. The number of anilines is 1. The van der Waals surface area contributed by atoms with Gasteiger partial charge in [0.25, 0.3) is 5.91 Å². The zero-order valence-corrected chi connectivity index (χ0v) is 15.4. The first kappa shape index (κ1) is 16.5. The summed E-state index contributed by atoms with van der Waals surface area (Å²) >= 11 is 1.60. The summed E-state index contributed by atoms with van der Waals surface area (Å²) in [6.07, 6.45) is 1.79. The Hall–Kier alpha value is -1.92. The van der Waals surface area contributed by atoms with Crippen molar-refractivity contribution in [3.8, 4) is 0 Å². The number of thiophene rings is 1. The molecule has 2 aromatic heterocycles. The molecule has 4 heterocycles. The van der Waals surface area contributed by atoms with Crippen LogP contribution in [0.25, 0.3) is 0 Å². The number of rotatable bonds is 4. The molecular formula is C19H23N3O2S. The molecule has 0 unspecified atom stereocenters. The van der Waals surface area contributed by atoms with E-state index in [-0.39, 0.29) is 11.3 Å². The third-order valence-electron chi connectivity index (χ3n) is 5.47. The van der Waals surface area contributed by atoms with Gasteiger partial charge in [0, 0.05) is 42.0 Å². The Morgan fingerprint density at radius 3 is 3.08 bits per heavy atom. The fourth-order valence-electron chi connectivity index (χ4n) is 3.81. The second kappa shape index (κ2) is 6.42. The molecule has 4 rings (SSSR count). The van der Waals surface area contributed by atoms with E-state index in [9.17, 15) is 4.79 Å². The van der Waals surface area contributed by atoms with Crippen molar-refractivity contribution in [2.75, 3.05) is 38.2 Å². The molecule has 5 nitrogen and oxygen atoms in total. The predicted molar refractivity (Wildman–Crippen MR) is 99.2 cm³/mol. The molecular weight excluding hydrogens is 334 g/mol. The molecule has 0 aromatic carbocycles. The Balaban J connectivity index is 1.48. The Kier molecular flexibility index (Phi) is 4.25. The fraction of sp³-hybridized carbons (Fsp3) is 0.474. The van der Waals surface area contributed by atoms with Gasteiger partial charge in [-0.1, -0.05) is 6.07 Å². The van der Waals surface area contributed by atoms with Crippen molar-refractivity contribution < 1.29 is 9.53 Å². The first-order chi connectivity index (χ1) is 12.1. The number of aromatic nitrogens is 1. The molecule has 0 radical (unpaired) electrons. The topological polar surface area (TPSA) is 54.5 Å². The van der Waals surface area contributed by atoms with Gasteiger partial charge in [0.2, 0.25) is 0 Å². The lowest BCUT2D eigenvalue weighted by Gasteiger charge is -2.27. The lowest BCUT2D eigenvalue weighted by atomic mass is 9.81. The van der Waals surface area contributed by atoms with Crippen molar-refractivity contribution in [1.29, 1.82) is 0 Å². The van der Waals surface area contributed by atoms with Crippen LogP contribution in [0.1, 0.15) is 20.1 Å². The van der Waals surface area contributed by atoms with Crippen LogP contribution in [0.15, 0.2) is 30.5 Å². The molecule has 2 aliphatic rings. The van der Waals surface area contributed by atoms with Crippen LogP contribution in [-0.2, 0) is 4.74 Å². The quantitative estimate of drug-likeness (QED) is 0.914. The van der Waals surface area contributed by atoms with Crippen LogP contribution in [0.4, 0.5) is 5.82 Å². The number of ether oxygens (including phenoxy) is 1. The Labute approximate surface area is 152 Å². The molecule has 2 aromatic rings. The third kappa shape index (κ3) is 3.04. The normalized spacial score (nSPS) is 25.2. The number of hydrogen-bond acceptors (Lipinski definition) is 5. The van der Waals surface area contributed by atoms with E-state index in [1.165, 1.54) is 10.4 Å². The summed E-state index contributed by atoms with van der Waals surface area (Å²) in [6.45, 7) is 7.86. The number of nitrogens with zero attached hydrogens (tertiary/aromatic N) is 2. The van der Waals surface area contributed by atoms with E-state index in [0.29, 0.717) is 12.5 Å². The number of fused-ring (bicyclic) bond motifs is 1. The van der Waals surface area contributed by atoms with E-state index >= 15 is 0 Å². The average Bonchev–Trinajstić information content (AvgIpc) is 3.26. The highest BCUT2D eigenvalue weighted by Crippen LogP contribution is 2.42. The number of pyridine rings is 1. The fourth-order valence-corrected chi connectivity index (χ4v) is 4.81. The van der Waals surface area contributed by atoms with Gasteiger partial charge in [-0.15, -0.1) is 11.3 Å². The summed E-state index contributed by atoms with van der Waals surface area (Å²) in [4.78, 5) is 21.3. The molecule has 2 saturated heterocycles. The molecule has 0 spiro atoms. The summed E-state index contributed by atoms with van der Waals surface area (Å²) in [7, 11) is 0. The highest BCUT2D eigenvalue weighted by atomic mass is 32.1. The van der Waals surface area contributed by atoms with Gasteiger partial charge < -0.3 is 15.0 Å². The average molecular weight is 357 g/mol. The number of carbonyl (C=O) groups excluding carboxylic acids is 1. The second-order valence-electron chi connectivity index (χ2n) is 7.18. The van der Waals surface area contributed by atoms with E-state index in [4.69, 9.17) is 4.74 Å². The summed E-state index contributed by atoms with van der Waals surface area (Å²) in [5.74, 6) is 1.42. The van der Waals surface area contributed by atoms with Crippen LogP contribution >= 0.6 is 11.3 Å². The van der Waals surface area contributed by atoms with Crippen LogP contribution in [0.3, 0.4) is 0 Å². The number of nitrogens with one attached hydrogen (secondary N) is 1. The standard InChI is InChI=1S/C19H23N3O2S/c1-13-7-16(25-14(13)2)18(23)22-8-15-9-24-12-19(15,11-22)10-21-17-5-3-4-6-20-17/h3-7,15H,8-12H2,1-2H3,(H,20,21)/t15-,19+/m1/s1. The third-order valence-corrected chi connectivity index (χ3v) is 6.61. The van der Waals surface area contributed by atoms with Gasteiger partial charge in [0.15, 0.2) is 0 Å². The van der Waals surface area contributed by atoms with Crippen LogP contribution in [-0.4, -0.2) is 48.6 Å². The van der Waals surface area contributed by atoms with E-state index in [2.05, 4.69) is 24.1 Å². The summed E-state index contributed by atoms with van der Waals surface area (Å²) in [6, 6.07) is 7.87. The Morgan fingerprint density at radius 2 is 2.36 bits per heavy atom. The lowest BCUT2D eigenvalue weighted by Crippen LogP contribution is -2.39. The SMILES string of the molecule is Cc1cc(C(=O)N2C[C@@H]3COC[C@]3(CNc3ccccn3)C2)sc1C. The number of hydrogen-bond donors (Lipinski definition) is 1. The van der Waals surface area contributed by atoms with E-state index in [1.807, 2.05) is 29.2 Å². The first-order valence-corrected chi connectivity index (χ1v) is 9.48. The number of amides is 1. The number of carbonyl (C=O) groups is 1.